The maximum Gasteiger partial charge on any atom is 0.248 e. The number of anilines is 2. The van der Waals surface area contributed by atoms with Gasteiger partial charge in [0.05, 0.1) is 28.2 Å². The van der Waals surface area contributed by atoms with E-state index < -0.39 is 41.5 Å². The summed E-state index contributed by atoms with van der Waals surface area (Å²) in [5, 5.41) is 24.3. The van der Waals surface area contributed by atoms with Gasteiger partial charge in [0, 0.05) is 48.6 Å². The van der Waals surface area contributed by atoms with E-state index in [1.54, 1.807) is 41.7 Å². The highest BCUT2D eigenvalue weighted by molar-refractivity contribution is 7.13. The lowest BCUT2D eigenvalue weighted by Gasteiger charge is -2.35. The second-order valence-corrected chi connectivity index (χ2v) is 20.5. The molecule has 366 valence electrons. The number of thiophene rings is 1. The van der Waals surface area contributed by atoms with Crippen molar-refractivity contribution in [3.63, 3.8) is 0 Å². The molecule has 1 aliphatic heterocycles. The van der Waals surface area contributed by atoms with Crippen LogP contribution in [0.25, 0.3) is 10.4 Å². The van der Waals surface area contributed by atoms with Gasteiger partial charge in [0.15, 0.2) is 0 Å². The number of thiazole rings is 1. The number of rotatable bonds is 21. The third-order valence-corrected chi connectivity index (χ3v) is 14.2. The van der Waals surface area contributed by atoms with Crippen molar-refractivity contribution in [3.05, 3.63) is 124 Å². The third-order valence-electron chi connectivity index (χ3n) is 12.1. The van der Waals surface area contributed by atoms with Crippen LogP contribution in [0.15, 0.2) is 102 Å². The summed E-state index contributed by atoms with van der Waals surface area (Å²) in [7, 11) is 0. The Hall–Kier alpha value is -5.94. The molecule has 3 aromatic carbocycles. The molecular weight excluding hydrogens is 934 g/mol. The third kappa shape index (κ3) is 14.3. The molecule has 17 heteroatoms. The minimum Gasteiger partial charge on any atom is -0.391 e. The van der Waals surface area contributed by atoms with E-state index in [0.29, 0.717) is 48.5 Å². The van der Waals surface area contributed by atoms with Crippen LogP contribution in [-0.2, 0) is 35.2 Å². The first-order chi connectivity index (χ1) is 33.0. The number of aliphatic hydroxyl groups is 1. The Morgan fingerprint density at radius 3 is 2.19 bits per heavy atom. The molecule has 0 saturated carbocycles. The zero-order valence-corrected chi connectivity index (χ0v) is 42.1. The van der Waals surface area contributed by atoms with Gasteiger partial charge < -0.3 is 31.3 Å². The Morgan fingerprint density at radius 1 is 0.870 bits per heavy atom. The van der Waals surface area contributed by atoms with Gasteiger partial charge in [-0.3, -0.25) is 33.7 Å². The van der Waals surface area contributed by atoms with Gasteiger partial charge >= 0.3 is 0 Å². The van der Waals surface area contributed by atoms with Crippen molar-refractivity contribution in [3.8, 4) is 10.4 Å². The van der Waals surface area contributed by atoms with E-state index in [0.717, 1.165) is 27.3 Å². The standard InChI is InChI=1S/C52H62ClN7O7S2/c1-33(36-18-20-37(21-19-36)47-34(2)55-32-69-47)56-49(65)41-29-40(61)31-59(41)51(67)48(52(3,4)5)58-44(63)17-11-7-10-16-43(62)57-38-22-24-39(25-23-38)60(45(64)30-53)46(42-15-12-28-68-42)50(66)54-27-26-35-13-8-6-9-14-35/h6,8-9,12-15,18-25,28,32-33,40-41,46,48,61H,7,10-11,16-17,26-27,29-31H2,1-5H3,(H,54,66)(H,56,65)(H,57,62)(H,58,63)/t33-,40-,41+,46?,48-/m1/s1. The number of β-amino-alcohol motifs (C(OH)–C–C–N with tert-alkyl or cyclic N) is 1. The number of nitrogens with zero attached hydrogens (tertiary/aromatic N) is 3. The number of halogens is 1. The van der Waals surface area contributed by atoms with Crippen LogP contribution in [0.2, 0.25) is 0 Å². The van der Waals surface area contributed by atoms with Gasteiger partial charge in [-0.1, -0.05) is 87.9 Å². The minimum atomic E-state index is -0.955. The molecule has 6 amide bonds. The molecular formula is C52H62ClN7O7S2. The number of aliphatic hydroxyl groups excluding tert-OH is 1. The molecule has 69 heavy (non-hydrogen) atoms. The predicted octanol–water partition coefficient (Wildman–Crippen LogP) is 8.11. The van der Waals surface area contributed by atoms with Crippen LogP contribution in [0, 0.1) is 12.3 Å². The number of carbonyl (C=O) groups is 6. The summed E-state index contributed by atoms with van der Waals surface area (Å²) in [4.78, 5) is 90.0. The van der Waals surface area contributed by atoms with Crippen molar-refractivity contribution in [2.75, 3.05) is 29.2 Å². The average molecular weight is 997 g/mol. The first kappa shape index (κ1) is 52.4. The predicted molar refractivity (Wildman–Crippen MR) is 273 cm³/mol. The lowest BCUT2D eigenvalue weighted by Crippen LogP contribution is -2.57. The van der Waals surface area contributed by atoms with Crippen LogP contribution in [0.4, 0.5) is 11.4 Å². The maximum absolute atomic E-state index is 14.1. The Kier molecular flexibility index (Phi) is 18.7. The smallest absolute Gasteiger partial charge is 0.248 e. The Balaban J connectivity index is 0.966. The number of aromatic nitrogens is 1. The second-order valence-electron chi connectivity index (χ2n) is 18.4. The fraction of sp³-hybridized carbons (Fsp3) is 0.404. The Bertz CT molecular complexity index is 2510. The second kappa shape index (κ2) is 24.6. The lowest BCUT2D eigenvalue weighted by atomic mass is 9.85. The van der Waals surface area contributed by atoms with E-state index in [-0.39, 0.29) is 61.4 Å². The van der Waals surface area contributed by atoms with E-state index in [1.807, 2.05) is 106 Å². The van der Waals surface area contributed by atoms with E-state index in [4.69, 9.17) is 11.6 Å². The topological polar surface area (TPSA) is 190 Å². The summed E-state index contributed by atoms with van der Waals surface area (Å²) in [5.41, 5.74) is 6.01. The molecule has 0 spiro atoms. The van der Waals surface area contributed by atoms with Crippen LogP contribution in [0.3, 0.4) is 0 Å². The van der Waals surface area contributed by atoms with E-state index in [2.05, 4.69) is 26.3 Å². The van der Waals surface area contributed by atoms with Crippen molar-refractivity contribution in [1.82, 2.24) is 25.8 Å². The molecule has 0 bridgehead atoms. The first-order valence-electron chi connectivity index (χ1n) is 23.3. The molecule has 14 nitrogen and oxygen atoms in total. The van der Waals surface area contributed by atoms with E-state index in [1.165, 1.54) is 21.1 Å². The number of hydrogen-bond acceptors (Lipinski definition) is 10. The molecule has 5 N–H and O–H groups in total. The SMILES string of the molecule is Cc1ncsc1-c1ccc([C@@H](C)NC(=O)[C@@H]2C[C@@H](O)CN2C(=O)[C@@H](NC(=O)CCCCCC(=O)Nc2ccc(N(C(=O)CCl)C(C(=O)NCCc3ccccc3)c3cccs3)cc2)C(C)(C)C)cc1. The number of nitrogens with one attached hydrogen (secondary N) is 4. The van der Waals surface area contributed by atoms with Crippen molar-refractivity contribution in [2.24, 2.45) is 5.41 Å². The van der Waals surface area contributed by atoms with Gasteiger partial charge in [-0.05, 0) is 90.9 Å². The highest BCUT2D eigenvalue weighted by Gasteiger charge is 2.44. The molecule has 3 heterocycles. The van der Waals surface area contributed by atoms with Crippen molar-refractivity contribution in [1.29, 1.82) is 0 Å². The molecule has 0 aliphatic carbocycles. The lowest BCUT2D eigenvalue weighted by molar-refractivity contribution is -0.144. The van der Waals surface area contributed by atoms with Crippen molar-refractivity contribution < 1.29 is 33.9 Å². The number of alkyl halides is 1. The van der Waals surface area contributed by atoms with Gasteiger partial charge in [-0.25, -0.2) is 4.98 Å². The molecule has 5 aromatic rings. The summed E-state index contributed by atoms with van der Waals surface area (Å²) < 4.78 is 0. The molecule has 5 atom stereocenters. The van der Waals surface area contributed by atoms with Gasteiger partial charge in [0.2, 0.25) is 35.4 Å². The van der Waals surface area contributed by atoms with Crippen molar-refractivity contribution in [2.45, 2.75) is 110 Å². The number of carbonyl (C=O) groups excluding carboxylic acids is 6. The van der Waals surface area contributed by atoms with Crippen LogP contribution < -0.4 is 26.2 Å². The zero-order chi connectivity index (χ0) is 49.7. The van der Waals surface area contributed by atoms with E-state index >= 15 is 0 Å². The number of aryl methyl sites for hydroxylation is 1. The number of amides is 6. The van der Waals surface area contributed by atoms with Gasteiger partial charge in [-0.2, -0.15) is 0 Å². The highest BCUT2D eigenvalue weighted by Crippen LogP contribution is 2.33. The quantitative estimate of drug-likeness (QED) is 0.0360. The van der Waals surface area contributed by atoms with Crippen molar-refractivity contribution >= 4 is 81.1 Å². The largest absolute Gasteiger partial charge is 0.391 e. The molecule has 1 fully saturated rings. The summed E-state index contributed by atoms with van der Waals surface area (Å²) in [6.07, 6.45) is 1.70. The Labute approximate surface area is 417 Å². The molecule has 2 aromatic heterocycles. The minimum absolute atomic E-state index is 0.0281. The molecule has 1 unspecified atom stereocenters. The average Bonchev–Trinajstić information content (AvgIpc) is 4.12. The first-order valence-corrected chi connectivity index (χ1v) is 25.5. The molecule has 6 rings (SSSR count). The summed E-state index contributed by atoms with van der Waals surface area (Å²) in [6.45, 7) is 9.71. The number of likely N-dealkylation sites (tertiary alicyclic amines) is 1. The monoisotopic (exact) mass is 995 g/mol. The van der Waals surface area contributed by atoms with Gasteiger partial charge in [-0.15, -0.1) is 34.3 Å². The highest BCUT2D eigenvalue weighted by atomic mass is 35.5. The molecule has 1 aliphatic rings. The molecule has 1 saturated heterocycles. The van der Waals surface area contributed by atoms with Crippen LogP contribution in [0.1, 0.15) is 100 Å². The van der Waals surface area contributed by atoms with E-state index in [9.17, 15) is 33.9 Å². The van der Waals surface area contributed by atoms with Gasteiger partial charge in [0.1, 0.15) is 24.0 Å². The summed E-state index contributed by atoms with van der Waals surface area (Å²) in [6, 6.07) is 24.8. The Morgan fingerprint density at radius 2 is 1.57 bits per heavy atom. The van der Waals surface area contributed by atoms with Gasteiger partial charge in [0.25, 0.3) is 0 Å². The summed E-state index contributed by atoms with van der Waals surface area (Å²) in [5.74, 6) is -2.50. The van der Waals surface area contributed by atoms with Crippen LogP contribution in [-0.4, -0.2) is 87.6 Å². The molecule has 0 radical (unpaired) electrons. The number of benzene rings is 3. The van der Waals surface area contributed by atoms with Crippen LogP contribution >= 0.6 is 34.3 Å². The maximum atomic E-state index is 14.1. The van der Waals surface area contributed by atoms with Crippen LogP contribution in [0.5, 0.6) is 0 Å². The fourth-order valence-electron chi connectivity index (χ4n) is 8.32. The number of unbranched alkanes of at least 4 members (excludes halogenated alkanes) is 2. The normalized spacial score (nSPS) is 16.0. The number of hydrogen-bond donors (Lipinski definition) is 5. The zero-order valence-electron chi connectivity index (χ0n) is 39.7. The fourth-order valence-corrected chi connectivity index (χ4v) is 10.1. The summed E-state index contributed by atoms with van der Waals surface area (Å²) >= 11 is 9.01.